The lowest BCUT2D eigenvalue weighted by Gasteiger charge is -2.29. The molecule has 1 atom stereocenters. The largest absolute Gasteiger partial charge is 0.383 e. The number of rotatable bonds is 8. The predicted molar refractivity (Wildman–Crippen MR) is 102 cm³/mol. The maximum Gasteiger partial charge on any atom is 0.243 e. The van der Waals surface area contributed by atoms with Crippen LogP contribution in [-0.4, -0.2) is 67.6 Å². The number of methoxy groups -OCH3 is 1. The van der Waals surface area contributed by atoms with Gasteiger partial charge in [-0.3, -0.25) is 0 Å². The first-order chi connectivity index (χ1) is 11.6. The third kappa shape index (κ3) is 4.94. The van der Waals surface area contributed by atoms with Gasteiger partial charge in [-0.05, 0) is 31.5 Å². The molecule has 2 N–H and O–H groups in total. The summed E-state index contributed by atoms with van der Waals surface area (Å²) in [6.45, 7) is 1.28. The maximum atomic E-state index is 12.8. The van der Waals surface area contributed by atoms with Crippen molar-refractivity contribution >= 4 is 32.5 Å². The zero-order valence-electron chi connectivity index (χ0n) is 15.1. The third-order valence-electron chi connectivity index (χ3n) is 4.25. The molecule has 0 amide bonds. The summed E-state index contributed by atoms with van der Waals surface area (Å²) in [7, 11) is -3.59. The highest BCUT2D eigenvalue weighted by molar-refractivity contribution is 7.92. The van der Waals surface area contributed by atoms with Gasteiger partial charge < -0.3 is 10.1 Å². The Morgan fingerprint density at radius 3 is 2.31 bits per heavy atom. The van der Waals surface area contributed by atoms with Crippen molar-refractivity contribution in [3.05, 3.63) is 24.3 Å². The molecule has 0 saturated carbocycles. The fraction of sp³-hybridized carbons (Fsp3) is 0.600. The first kappa shape index (κ1) is 23.3. The van der Waals surface area contributed by atoms with Crippen molar-refractivity contribution in [3.63, 3.8) is 0 Å². The summed E-state index contributed by atoms with van der Waals surface area (Å²) >= 11 is 0. The smallest absolute Gasteiger partial charge is 0.243 e. The van der Waals surface area contributed by atoms with E-state index in [1.165, 1.54) is 38.4 Å². The van der Waals surface area contributed by atoms with Gasteiger partial charge in [-0.25, -0.2) is 25.9 Å². The molecule has 1 aromatic carbocycles. The molecule has 1 unspecified atom stereocenters. The van der Waals surface area contributed by atoms with Crippen molar-refractivity contribution in [2.45, 2.75) is 28.2 Å². The third-order valence-corrected chi connectivity index (χ3v) is 7.71. The molecule has 1 saturated heterocycles. The zero-order valence-corrected chi connectivity index (χ0v) is 17.5. The van der Waals surface area contributed by atoms with Gasteiger partial charge in [0.05, 0.1) is 12.1 Å². The van der Waals surface area contributed by atoms with Gasteiger partial charge in [-0.15, -0.1) is 12.4 Å². The summed E-state index contributed by atoms with van der Waals surface area (Å²) in [6, 6.07) is 5.59. The summed E-state index contributed by atoms with van der Waals surface area (Å²) in [5.74, 6) is 0. The van der Waals surface area contributed by atoms with E-state index in [0.717, 1.165) is 23.7 Å². The molecule has 1 heterocycles. The van der Waals surface area contributed by atoms with E-state index in [9.17, 15) is 16.8 Å². The molecule has 11 heteroatoms. The van der Waals surface area contributed by atoms with E-state index in [4.69, 9.17) is 4.74 Å². The SMILES string of the molecule is COCC1(CNS(=O)(=O)c2ccccc2S(=O)(=O)N(C)C)CCCN1.Cl. The Balaban J connectivity index is 0.00000338. The highest BCUT2D eigenvalue weighted by Crippen LogP contribution is 2.24. The number of halogens is 1. The number of hydrogen-bond acceptors (Lipinski definition) is 6. The Hall–Kier alpha value is -0.750. The van der Waals surface area contributed by atoms with Crippen molar-refractivity contribution in [1.29, 1.82) is 0 Å². The van der Waals surface area contributed by atoms with Crippen LogP contribution in [0.4, 0.5) is 0 Å². The minimum atomic E-state index is -4.00. The molecule has 1 aliphatic rings. The molecule has 0 aromatic heterocycles. The van der Waals surface area contributed by atoms with E-state index in [0.29, 0.717) is 6.61 Å². The molecule has 26 heavy (non-hydrogen) atoms. The van der Waals surface area contributed by atoms with E-state index < -0.39 is 25.6 Å². The Labute approximate surface area is 161 Å². The molecule has 1 aromatic rings. The van der Waals surface area contributed by atoms with Gasteiger partial charge in [-0.2, -0.15) is 0 Å². The van der Waals surface area contributed by atoms with Gasteiger partial charge in [0.1, 0.15) is 9.79 Å². The Morgan fingerprint density at radius 1 is 1.19 bits per heavy atom. The lowest BCUT2D eigenvalue weighted by molar-refractivity contribution is 0.122. The Morgan fingerprint density at radius 2 is 1.81 bits per heavy atom. The average molecular weight is 428 g/mol. The number of nitrogens with one attached hydrogen (secondary N) is 2. The second-order valence-corrected chi connectivity index (χ2v) is 10.2. The molecule has 0 spiro atoms. The molecule has 0 bridgehead atoms. The minimum Gasteiger partial charge on any atom is -0.383 e. The Kier molecular flexibility index (Phi) is 8.03. The van der Waals surface area contributed by atoms with Crippen LogP contribution in [0.3, 0.4) is 0 Å². The number of hydrogen-bond donors (Lipinski definition) is 2. The van der Waals surface area contributed by atoms with Crippen molar-refractivity contribution in [2.75, 3.05) is 40.9 Å². The number of ether oxygens (including phenoxy) is 1. The lowest BCUT2D eigenvalue weighted by atomic mass is 9.99. The van der Waals surface area contributed by atoms with Crippen LogP contribution in [0.1, 0.15) is 12.8 Å². The van der Waals surface area contributed by atoms with Crippen LogP contribution >= 0.6 is 12.4 Å². The predicted octanol–water partition coefficient (Wildman–Crippen LogP) is 0.406. The topological polar surface area (TPSA) is 105 Å². The van der Waals surface area contributed by atoms with Gasteiger partial charge in [0.2, 0.25) is 20.0 Å². The second kappa shape index (κ2) is 8.96. The normalized spacial score (nSPS) is 20.9. The molecular weight excluding hydrogens is 402 g/mol. The van der Waals surface area contributed by atoms with Gasteiger partial charge in [0.25, 0.3) is 0 Å². The van der Waals surface area contributed by atoms with Crippen LogP contribution in [-0.2, 0) is 24.8 Å². The van der Waals surface area contributed by atoms with Gasteiger partial charge in [-0.1, -0.05) is 12.1 Å². The fourth-order valence-electron chi connectivity index (χ4n) is 2.86. The average Bonchev–Trinajstić information content (AvgIpc) is 3.02. The zero-order chi connectivity index (χ0) is 18.7. The highest BCUT2D eigenvalue weighted by Gasteiger charge is 2.36. The molecule has 150 valence electrons. The number of nitrogens with zero attached hydrogens (tertiary/aromatic N) is 1. The molecule has 0 radical (unpaired) electrons. The van der Waals surface area contributed by atoms with E-state index in [1.807, 2.05) is 0 Å². The number of sulfonamides is 2. The monoisotopic (exact) mass is 427 g/mol. The quantitative estimate of drug-likeness (QED) is 0.622. The summed E-state index contributed by atoms with van der Waals surface area (Å²) in [5.41, 5.74) is -0.475. The molecule has 0 aliphatic carbocycles. The van der Waals surface area contributed by atoms with Crippen molar-refractivity contribution in [1.82, 2.24) is 14.3 Å². The molecular formula is C15H26ClN3O5S2. The van der Waals surface area contributed by atoms with Crippen LogP contribution in [0.2, 0.25) is 0 Å². The second-order valence-electron chi connectivity index (χ2n) is 6.30. The molecule has 1 aliphatic heterocycles. The Bertz CT molecular complexity index is 806. The van der Waals surface area contributed by atoms with Crippen LogP contribution in [0.15, 0.2) is 34.1 Å². The minimum absolute atomic E-state index is 0. The van der Waals surface area contributed by atoms with Crippen LogP contribution in [0.25, 0.3) is 0 Å². The summed E-state index contributed by atoms with van der Waals surface area (Å²) in [5, 5.41) is 3.28. The lowest BCUT2D eigenvalue weighted by Crippen LogP contribution is -2.53. The van der Waals surface area contributed by atoms with E-state index >= 15 is 0 Å². The van der Waals surface area contributed by atoms with Crippen LogP contribution in [0.5, 0.6) is 0 Å². The first-order valence-corrected chi connectivity index (χ1v) is 10.8. The van der Waals surface area contributed by atoms with Gasteiger partial charge in [0, 0.05) is 27.7 Å². The molecule has 1 fully saturated rings. The summed E-state index contributed by atoms with van der Waals surface area (Å²) in [4.78, 5) is -0.498. The maximum absolute atomic E-state index is 12.8. The van der Waals surface area contributed by atoms with Gasteiger partial charge >= 0.3 is 0 Å². The van der Waals surface area contributed by atoms with Gasteiger partial charge in [0.15, 0.2) is 0 Å². The summed E-state index contributed by atoms with van der Waals surface area (Å²) < 4.78 is 59.1. The van der Waals surface area contributed by atoms with Crippen LogP contribution < -0.4 is 10.0 Å². The van der Waals surface area contributed by atoms with E-state index in [1.54, 1.807) is 7.11 Å². The van der Waals surface area contributed by atoms with Crippen LogP contribution in [0, 0.1) is 0 Å². The van der Waals surface area contributed by atoms with Crippen molar-refractivity contribution in [3.8, 4) is 0 Å². The van der Waals surface area contributed by atoms with Crippen molar-refractivity contribution in [2.24, 2.45) is 0 Å². The highest BCUT2D eigenvalue weighted by atomic mass is 35.5. The molecule has 8 nitrogen and oxygen atoms in total. The molecule has 2 rings (SSSR count). The van der Waals surface area contributed by atoms with E-state index in [-0.39, 0.29) is 28.7 Å². The van der Waals surface area contributed by atoms with Crippen molar-refractivity contribution < 1.29 is 21.6 Å². The van der Waals surface area contributed by atoms with E-state index in [2.05, 4.69) is 10.0 Å². The first-order valence-electron chi connectivity index (χ1n) is 7.90. The number of benzene rings is 1. The fourth-order valence-corrected chi connectivity index (χ4v) is 5.69. The standard InChI is InChI=1S/C15H25N3O5S2.ClH/c1-18(2)25(21,22)14-8-5-4-7-13(14)24(19,20)17-11-15(12-23-3)9-6-10-16-15;/h4-5,7-8,16-17H,6,9-12H2,1-3H3;1H. The summed E-state index contributed by atoms with van der Waals surface area (Å²) in [6.07, 6.45) is 1.71.